The fourth-order valence-electron chi connectivity index (χ4n) is 11.1. The molecule has 19 nitrogen and oxygen atoms in total. The standard InChI is InChI=1S/C55H79N3O16/c1-7-9-16-26-54(27-17-10-8-2)72-45-39-30-55(52(67)57(6)38(29-34-19-12-11-13-20-34)49(65)56-37(32-59)24-25-41(61)71-53(3,4)5)47(50(66)69-39)58(74-48(55)46(45)73-54)31-36-22-15-14-21-35(36)23-18-28-68-51-44(64)43(63)42(62)40(33-60)70-51/h11-15,18-23,37-40,42-48,51,59-60,62-64H,7-10,16-17,24-33H2,1-6H3,(H,56,65)/t37-,38+,39+,40+,42-,43-,44+,45-,46-,47-,48+,51-,55-/m0/s1. The quantitative estimate of drug-likeness (QED) is 0.0614. The van der Waals surface area contributed by atoms with Gasteiger partial charge in [0.05, 0.1) is 32.4 Å². The number of rotatable bonds is 25. The normalized spacial score (nSPS) is 30.1. The molecular formula is C55H79N3O16. The molecule has 0 aromatic heterocycles. The number of hydrogen-bond acceptors (Lipinski definition) is 17. The number of ether oxygens (including phenoxy) is 6. The van der Waals surface area contributed by atoms with Gasteiger partial charge in [-0.05, 0) is 56.7 Å². The van der Waals surface area contributed by atoms with Crippen LogP contribution in [-0.4, -0.2) is 171 Å². The highest BCUT2D eigenvalue weighted by Crippen LogP contribution is 2.59. The van der Waals surface area contributed by atoms with Gasteiger partial charge >= 0.3 is 11.9 Å². The van der Waals surface area contributed by atoms with Crippen LogP contribution in [0.15, 0.2) is 60.7 Å². The van der Waals surface area contributed by atoms with E-state index in [1.807, 2.05) is 54.6 Å². The molecule has 410 valence electrons. The van der Waals surface area contributed by atoms with Crippen molar-refractivity contribution in [1.29, 1.82) is 0 Å². The number of carbonyl (C=O) groups is 4. The van der Waals surface area contributed by atoms with Crippen LogP contribution in [0.1, 0.15) is 122 Å². The van der Waals surface area contributed by atoms with Gasteiger partial charge in [-0.2, -0.15) is 5.06 Å². The van der Waals surface area contributed by atoms with Crippen LogP contribution < -0.4 is 5.32 Å². The summed E-state index contributed by atoms with van der Waals surface area (Å²) in [6, 6.07) is 13.3. The summed E-state index contributed by atoms with van der Waals surface area (Å²) in [4.78, 5) is 66.7. The molecule has 2 bridgehead atoms. The third-order valence-corrected chi connectivity index (χ3v) is 14.9. The maximum absolute atomic E-state index is 16.0. The zero-order valence-corrected chi connectivity index (χ0v) is 43.7. The Morgan fingerprint density at radius 1 is 0.919 bits per heavy atom. The molecule has 19 heteroatoms. The highest BCUT2D eigenvalue weighted by Gasteiger charge is 2.77. The van der Waals surface area contributed by atoms with Crippen LogP contribution in [0.25, 0.3) is 6.08 Å². The zero-order valence-electron chi connectivity index (χ0n) is 43.7. The molecule has 4 heterocycles. The summed E-state index contributed by atoms with van der Waals surface area (Å²) < 4.78 is 37.1. The van der Waals surface area contributed by atoms with E-state index < -0.39 is 127 Å². The number of benzene rings is 2. The zero-order chi connectivity index (χ0) is 53.4. The van der Waals surface area contributed by atoms with E-state index in [2.05, 4.69) is 19.2 Å². The number of nitrogens with one attached hydrogen (secondary N) is 1. The van der Waals surface area contributed by atoms with E-state index in [9.17, 15) is 39.9 Å². The van der Waals surface area contributed by atoms with Gasteiger partial charge < -0.3 is 64.2 Å². The molecule has 2 aromatic carbocycles. The molecule has 13 atom stereocenters. The number of aliphatic hydroxyl groups excluding tert-OH is 5. The van der Waals surface area contributed by atoms with Gasteiger partial charge in [-0.15, -0.1) is 0 Å². The monoisotopic (exact) mass is 1040 g/mol. The van der Waals surface area contributed by atoms with Gasteiger partial charge in [-0.25, -0.2) is 0 Å². The Kier molecular flexibility index (Phi) is 19.5. The molecule has 1 aliphatic carbocycles. The second-order valence-corrected chi connectivity index (χ2v) is 21.5. The minimum Gasteiger partial charge on any atom is -0.460 e. The van der Waals surface area contributed by atoms with Crippen LogP contribution in [-0.2, 0) is 65.4 Å². The first kappa shape index (κ1) is 57.3. The molecule has 7 rings (SSSR count). The number of nitrogens with zero attached hydrogens (tertiary/aromatic N) is 2. The third-order valence-electron chi connectivity index (χ3n) is 14.9. The van der Waals surface area contributed by atoms with Crippen LogP contribution in [0.3, 0.4) is 0 Å². The number of amides is 2. The van der Waals surface area contributed by atoms with E-state index in [0.717, 1.165) is 44.1 Å². The van der Waals surface area contributed by atoms with Gasteiger partial charge in [0.15, 0.2) is 18.1 Å². The van der Waals surface area contributed by atoms with Crippen molar-refractivity contribution in [2.45, 2.75) is 203 Å². The first-order valence-electron chi connectivity index (χ1n) is 26.5. The topological polar surface area (TPSA) is 253 Å². The molecule has 4 aliphatic heterocycles. The van der Waals surface area contributed by atoms with Crippen molar-refractivity contribution in [2.24, 2.45) is 5.41 Å². The van der Waals surface area contributed by atoms with E-state index >= 15 is 4.79 Å². The highest BCUT2D eigenvalue weighted by atomic mass is 16.8. The summed E-state index contributed by atoms with van der Waals surface area (Å²) in [6.07, 6.45) is -0.464. The molecular weight excluding hydrogens is 959 g/mol. The number of carbonyl (C=O) groups excluding carboxylic acids is 4. The Hall–Kier alpha value is -4.38. The summed E-state index contributed by atoms with van der Waals surface area (Å²) in [6.45, 7) is 8.34. The van der Waals surface area contributed by atoms with Gasteiger partial charge in [0.1, 0.15) is 65.9 Å². The highest BCUT2D eigenvalue weighted by molar-refractivity contribution is 5.96. The van der Waals surface area contributed by atoms with Crippen molar-refractivity contribution in [3.63, 3.8) is 0 Å². The van der Waals surface area contributed by atoms with Crippen molar-refractivity contribution in [3.8, 4) is 0 Å². The van der Waals surface area contributed by atoms with Crippen LogP contribution in [0, 0.1) is 5.41 Å². The fourth-order valence-corrected chi connectivity index (χ4v) is 11.1. The second-order valence-electron chi connectivity index (χ2n) is 21.5. The van der Waals surface area contributed by atoms with Crippen LogP contribution >= 0.6 is 0 Å². The lowest BCUT2D eigenvalue weighted by atomic mass is 9.62. The van der Waals surface area contributed by atoms with E-state index in [1.54, 1.807) is 40.0 Å². The van der Waals surface area contributed by atoms with Crippen LogP contribution in [0.2, 0.25) is 0 Å². The van der Waals surface area contributed by atoms with Crippen molar-refractivity contribution >= 4 is 29.8 Å². The molecule has 5 aliphatic rings. The second kappa shape index (κ2) is 25.2. The van der Waals surface area contributed by atoms with Gasteiger partial charge in [0, 0.05) is 39.2 Å². The number of aliphatic hydroxyl groups is 5. The van der Waals surface area contributed by atoms with Crippen molar-refractivity contribution in [2.75, 3.05) is 26.9 Å². The van der Waals surface area contributed by atoms with E-state index in [0.29, 0.717) is 24.0 Å². The minimum atomic E-state index is -1.64. The Morgan fingerprint density at radius 3 is 2.26 bits per heavy atom. The smallest absolute Gasteiger partial charge is 0.327 e. The molecule has 5 fully saturated rings. The Bertz CT molecular complexity index is 2210. The molecule has 0 unspecified atom stereocenters. The van der Waals surface area contributed by atoms with Crippen LogP contribution in [0.5, 0.6) is 0 Å². The number of likely N-dealkylation sites (N-methyl/N-ethyl adjacent to an activating group) is 1. The molecule has 6 N–H and O–H groups in total. The number of hydrogen-bond donors (Lipinski definition) is 6. The summed E-state index contributed by atoms with van der Waals surface area (Å²) in [7, 11) is 1.54. The van der Waals surface area contributed by atoms with Crippen molar-refractivity contribution in [1.82, 2.24) is 15.3 Å². The summed E-state index contributed by atoms with van der Waals surface area (Å²) in [5.41, 5.74) is -0.228. The molecule has 2 aromatic rings. The summed E-state index contributed by atoms with van der Waals surface area (Å²) >= 11 is 0. The predicted molar refractivity (Wildman–Crippen MR) is 268 cm³/mol. The number of fused-ring (bicyclic) bond motifs is 4. The van der Waals surface area contributed by atoms with Gasteiger partial charge in [0.25, 0.3) is 0 Å². The molecule has 4 saturated heterocycles. The lowest BCUT2D eigenvalue weighted by Gasteiger charge is -2.50. The van der Waals surface area contributed by atoms with Gasteiger partial charge in [0.2, 0.25) is 11.8 Å². The van der Waals surface area contributed by atoms with Crippen LogP contribution in [0.4, 0.5) is 0 Å². The molecule has 1 saturated carbocycles. The first-order chi connectivity index (χ1) is 35.4. The average molecular weight is 1040 g/mol. The van der Waals surface area contributed by atoms with E-state index in [1.165, 1.54) is 9.96 Å². The van der Waals surface area contributed by atoms with Crippen molar-refractivity contribution < 1.29 is 78.0 Å². The number of esters is 2. The molecule has 0 spiro atoms. The Labute approximate surface area is 434 Å². The summed E-state index contributed by atoms with van der Waals surface area (Å²) in [5.74, 6) is -3.29. The third kappa shape index (κ3) is 12.9. The maximum atomic E-state index is 16.0. The summed E-state index contributed by atoms with van der Waals surface area (Å²) in [5, 5.41) is 55.5. The van der Waals surface area contributed by atoms with Crippen molar-refractivity contribution in [3.05, 3.63) is 77.4 Å². The Morgan fingerprint density at radius 2 is 1.59 bits per heavy atom. The van der Waals surface area contributed by atoms with E-state index in [4.69, 9.17) is 33.3 Å². The number of hydroxylamine groups is 2. The largest absolute Gasteiger partial charge is 0.460 e. The molecule has 74 heavy (non-hydrogen) atoms. The SMILES string of the molecule is CCCCCC1(CCCCC)O[C@@H]2[C@H](O1)[C@H]1ON(Cc3ccccc3C=CCO[C@H]3O[C@H](CO)[C@H](O)[C@H](O)[C@H]3O)[C@H]3C(=O)O[C@@H]2C[C@@]13C(=O)N(C)[C@H](Cc1ccccc1)C(=O)N[C@H](CO)CCC(=O)OC(C)(C)C. The lowest BCUT2D eigenvalue weighted by Crippen LogP contribution is -2.70. The fraction of sp³-hybridized carbons (Fsp3) is 0.673. The molecule has 2 amide bonds. The number of unbranched alkanes of at least 4 members (excludes halogenated alkanes) is 4. The maximum Gasteiger partial charge on any atom is 0.327 e. The minimum absolute atomic E-state index is 0.00605. The lowest BCUT2D eigenvalue weighted by molar-refractivity contribution is -0.298. The molecule has 0 radical (unpaired) electrons. The predicted octanol–water partition coefficient (Wildman–Crippen LogP) is 3.63. The average Bonchev–Trinajstić information content (AvgIpc) is 3.94. The first-order valence-corrected chi connectivity index (χ1v) is 26.5. The van der Waals surface area contributed by atoms with Gasteiger partial charge in [-0.3, -0.25) is 24.0 Å². The Balaban J connectivity index is 1.21. The van der Waals surface area contributed by atoms with Gasteiger partial charge in [-0.1, -0.05) is 106 Å². The van der Waals surface area contributed by atoms with E-state index in [-0.39, 0.29) is 38.8 Å².